The fourth-order valence-electron chi connectivity index (χ4n) is 4.23. The summed E-state index contributed by atoms with van der Waals surface area (Å²) in [7, 11) is 2.83. The number of nitrogens with zero attached hydrogens (tertiary/aromatic N) is 4. The molecule has 4 rings (SSSR count). The van der Waals surface area contributed by atoms with Crippen molar-refractivity contribution in [1.82, 2.24) is 19.7 Å². The van der Waals surface area contributed by atoms with Crippen LogP contribution in [0.3, 0.4) is 0 Å². The normalized spacial score (nSPS) is 15.1. The Morgan fingerprint density at radius 1 is 1.09 bits per heavy atom. The maximum Gasteiger partial charge on any atom is 0.343 e. The smallest absolute Gasteiger partial charge is 0.343 e. The minimum atomic E-state index is -1.27. The first-order chi connectivity index (χ1) is 16.2. The summed E-state index contributed by atoms with van der Waals surface area (Å²) in [4.78, 5) is 26.1. The molecule has 178 valence electrons. The van der Waals surface area contributed by atoms with Crippen LogP contribution in [0.4, 0.5) is 4.79 Å². The SMILES string of the molecule is COc1ccc(-n2nc(C3(C(=O)O)CCN(C(=O)N(C)O)CC3)cc2-c2ccc(Cl)cc2)cc1. The van der Waals surface area contributed by atoms with Crippen LogP contribution in [0.2, 0.25) is 5.02 Å². The zero-order valence-corrected chi connectivity index (χ0v) is 19.6. The van der Waals surface area contributed by atoms with E-state index in [0.29, 0.717) is 27.2 Å². The molecule has 3 aromatic rings. The van der Waals surface area contributed by atoms with Crippen LogP contribution in [0.5, 0.6) is 5.75 Å². The number of urea groups is 1. The van der Waals surface area contributed by atoms with Crippen LogP contribution in [-0.4, -0.2) is 69.3 Å². The number of hydrogen-bond acceptors (Lipinski definition) is 5. The average molecular weight is 485 g/mol. The lowest BCUT2D eigenvalue weighted by Crippen LogP contribution is -2.51. The van der Waals surface area contributed by atoms with Crippen LogP contribution in [0.1, 0.15) is 18.5 Å². The molecule has 2 amide bonds. The predicted octanol–water partition coefficient (Wildman–Crippen LogP) is 4.06. The quantitative estimate of drug-likeness (QED) is 0.417. The Morgan fingerprint density at radius 2 is 1.71 bits per heavy atom. The predicted molar refractivity (Wildman–Crippen MR) is 126 cm³/mol. The minimum absolute atomic E-state index is 0.168. The Morgan fingerprint density at radius 3 is 2.24 bits per heavy atom. The van der Waals surface area contributed by atoms with E-state index >= 15 is 0 Å². The number of piperidine rings is 1. The van der Waals surface area contributed by atoms with E-state index in [2.05, 4.69) is 0 Å². The number of ether oxygens (including phenoxy) is 1. The summed E-state index contributed by atoms with van der Waals surface area (Å²) < 4.78 is 6.96. The monoisotopic (exact) mass is 484 g/mol. The zero-order valence-electron chi connectivity index (χ0n) is 18.8. The van der Waals surface area contributed by atoms with Crippen molar-refractivity contribution in [3.63, 3.8) is 0 Å². The number of aromatic nitrogens is 2. The van der Waals surface area contributed by atoms with Crippen molar-refractivity contribution in [3.8, 4) is 22.7 Å². The van der Waals surface area contributed by atoms with Gasteiger partial charge in [0.1, 0.15) is 11.2 Å². The van der Waals surface area contributed by atoms with E-state index in [1.807, 2.05) is 36.4 Å². The van der Waals surface area contributed by atoms with E-state index in [4.69, 9.17) is 21.4 Å². The van der Waals surface area contributed by atoms with Crippen LogP contribution >= 0.6 is 11.6 Å². The fraction of sp³-hybridized carbons (Fsp3) is 0.292. The number of likely N-dealkylation sites (tertiary alicyclic amines) is 1. The third kappa shape index (κ3) is 4.32. The minimum Gasteiger partial charge on any atom is -0.497 e. The van der Waals surface area contributed by atoms with Crippen LogP contribution in [0, 0.1) is 0 Å². The molecule has 0 unspecified atom stereocenters. The number of carboxylic acids is 1. The molecule has 2 N–H and O–H groups in total. The average Bonchev–Trinajstić information content (AvgIpc) is 3.30. The van der Waals surface area contributed by atoms with Crippen molar-refractivity contribution >= 4 is 23.6 Å². The Labute approximate surface area is 201 Å². The van der Waals surface area contributed by atoms with Crippen LogP contribution in [0.25, 0.3) is 16.9 Å². The summed E-state index contributed by atoms with van der Waals surface area (Å²) in [5.41, 5.74) is 1.42. The Bertz CT molecular complexity index is 1180. The number of hydrogen-bond donors (Lipinski definition) is 2. The highest BCUT2D eigenvalue weighted by molar-refractivity contribution is 6.30. The molecule has 0 bridgehead atoms. The van der Waals surface area contributed by atoms with E-state index in [0.717, 1.165) is 11.3 Å². The van der Waals surface area contributed by atoms with Gasteiger partial charge in [-0.15, -0.1) is 0 Å². The van der Waals surface area contributed by atoms with E-state index in [1.165, 1.54) is 11.9 Å². The molecular formula is C24H25ClN4O5. The molecule has 0 saturated carbocycles. The lowest BCUT2D eigenvalue weighted by molar-refractivity contribution is -0.146. The summed E-state index contributed by atoms with van der Waals surface area (Å²) in [6.45, 7) is 0.364. The lowest BCUT2D eigenvalue weighted by Gasteiger charge is -2.38. The Balaban J connectivity index is 1.78. The molecule has 2 heterocycles. The Kier molecular flexibility index (Phi) is 6.49. The van der Waals surface area contributed by atoms with Gasteiger partial charge in [0.15, 0.2) is 0 Å². The number of carboxylic acid groups (broad SMARTS) is 1. The second-order valence-electron chi connectivity index (χ2n) is 8.21. The van der Waals surface area contributed by atoms with E-state index in [9.17, 15) is 19.9 Å². The molecule has 1 aliphatic heterocycles. The molecule has 1 aromatic heterocycles. The molecule has 10 heteroatoms. The second kappa shape index (κ2) is 9.36. The van der Waals surface area contributed by atoms with Gasteiger partial charge in [-0.2, -0.15) is 5.10 Å². The molecule has 2 aromatic carbocycles. The van der Waals surface area contributed by atoms with Crippen LogP contribution in [0.15, 0.2) is 54.6 Å². The van der Waals surface area contributed by atoms with Gasteiger partial charge in [0.25, 0.3) is 0 Å². The van der Waals surface area contributed by atoms with E-state index in [1.54, 1.807) is 30.0 Å². The van der Waals surface area contributed by atoms with Gasteiger partial charge < -0.3 is 14.7 Å². The highest BCUT2D eigenvalue weighted by atomic mass is 35.5. The van der Waals surface area contributed by atoms with Gasteiger partial charge in [0.2, 0.25) is 0 Å². The van der Waals surface area contributed by atoms with Crippen molar-refractivity contribution in [3.05, 3.63) is 65.3 Å². The van der Waals surface area contributed by atoms with Gasteiger partial charge in [-0.25, -0.2) is 14.5 Å². The second-order valence-corrected chi connectivity index (χ2v) is 8.65. The van der Waals surface area contributed by atoms with Crippen molar-refractivity contribution in [1.29, 1.82) is 0 Å². The van der Waals surface area contributed by atoms with Gasteiger partial charge in [-0.1, -0.05) is 23.7 Å². The highest BCUT2D eigenvalue weighted by Gasteiger charge is 2.46. The van der Waals surface area contributed by atoms with Crippen molar-refractivity contribution in [2.24, 2.45) is 0 Å². The van der Waals surface area contributed by atoms with Crippen molar-refractivity contribution in [2.45, 2.75) is 18.3 Å². The fourth-order valence-corrected chi connectivity index (χ4v) is 4.35. The summed E-state index contributed by atoms with van der Waals surface area (Å²) in [6.07, 6.45) is 0.337. The maximum atomic E-state index is 12.6. The van der Waals surface area contributed by atoms with E-state index < -0.39 is 17.4 Å². The van der Waals surface area contributed by atoms with Crippen LogP contribution in [-0.2, 0) is 10.2 Å². The molecule has 0 spiro atoms. The van der Waals surface area contributed by atoms with Crippen molar-refractivity contribution < 1.29 is 24.6 Å². The number of rotatable bonds is 5. The van der Waals surface area contributed by atoms with Crippen LogP contribution < -0.4 is 4.74 Å². The van der Waals surface area contributed by atoms with E-state index in [-0.39, 0.29) is 25.9 Å². The molecule has 0 radical (unpaired) electrons. The molecule has 1 fully saturated rings. The number of methoxy groups -OCH3 is 1. The first-order valence-corrected chi connectivity index (χ1v) is 11.1. The first kappa shape index (κ1) is 23.6. The number of aliphatic carboxylic acids is 1. The van der Waals surface area contributed by atoms with Gasteiger partial charge in [-0.3, -0.25) is 10.0 Å². The summed E-state index contributed by atoms with van der Waals surface area (Å²) in [6, 6.07) is 15.8. The number of halogens is 1. The number of carbonyl (C=O) groups excluding carboxylic acids is 1. The maximum absolute atomic E-state index is 12.6. The standard InChI is InChI=1S/C24H25ClN4O5/c1-27(33)23(32)28-13-11-24(12-14-28,22(30)31)21-15-20(16-3-5-17(25)6-4-16)29(26-21)18-7-9-19(34-2)10-8-18/h3-10,15,33H,11-14H2,1-2H3,(H,30,31). The summed E-state index contributed by atoms with van der Waals surface area (Å²) in [5, 5.41) is 25.6. The highest BCUT2D eigenvalue weighted by Crippen LogP contribution is 2.38. The molecule has 1 saturated heterocycles. The van der Waals surface area contributed by atoms with Gasteiger partial charge >= 0.3 is 12.0 Å². The molecular weight excluding hydrogens is 460 g/mol. The third-order valence-electron chi connectivity index (χ3n) is 6.23. The largest absolute Gasteiger partial charge is 0.497 e. The van der Waals surface area contributed by atoms with Gasteiger partial charge in [0, 0.05) is 30.7 Å². The number of benzene rings is 2. The van der Waals surface area contributed by atoms with Gasteiger partial charge in [-0.05, 0) is 55.3 Å². The Hall–Kier alpha value is -3.56. The van der Waals surface area contributed by atoms with Gasteiger partial charge in [0.05, 0.1) is 24.2 Å². The molecule has 34 heavy (non-hydrogen) atoms. The number of amides is 2. The van der Waals surface area contributed by atoms with Crippen molar-refractivity contribution in [2.75, 3.05) is 27.2 Å². The molecule has 0 atom stereocenters. The third-order valence-corrected chi connectivity index (χ3v) is 6.48. The number of carbonyl (C=O) groups is 2. The number of hydroxylamine groups is 2. The lowest BCUT2D eigenvalue weighted by atomic mass is 9.75. The molecule has 0 aliphatic carbocycles. The first-order valence-electron chi connectivity index (χ1n) is 10.7. The topological polar surface area (TPSA) is 108 Å². The summed E-state index contributed by atoms with van der Waals surface area (Å²) in [5.74, 6) is -0.309. The zero-order chi connectivity index (χ0) is 24.5. The molecule has 9 nitrogen and oxygen atoms in total. The summed E-state index contributed by atoms with van der Waals surface area (Å²) >= 11 is 6.07. The molecule has 1 aliphatic rings.